The van der Waals surface area contributed by atoms with Gasteiger partial charge in [0.25, 0.3) is 0 Å². The van der Waals surface area contributed by atoms with Gasteiger partial charge < -0.3 is 20.3 Å². The van der Waals surface area contributed by atoms with Gasteiger partial charge in [0.05, 0.1) is 18.3 Å². The molecule has 6 heteroatoms. The van der Waals surface area contributed by atoms with Gasteiger partial charge in [-0.3, -0.25) is 4.79 Å². The summed E-state index contributed by atoms with van der Waals surface area (Å²) in [5, 5.41) is 15.2. The first-order valence-corrected chi connectivity index (χ1v) is 5.33. The predicted octanol–water partition coefficient (Wildman–Crippen LogP) is -0.711. The second kappa shape index (κ2) is 4.63. The lowest BCUT2D eigenvalue weighted by molar-refractivity contribution is -0.139. The molecule has 0 aromatic carbocycles. The number of aromatic nitrogens is 2. The normalized spacial score (nSPS) is 18.0. The van der Waals surface area contributed by atoms with Gasteiger partial charge in [0, 0.05) is 38.6 Å². The lowest BCUT2D eigenvalue weighted by atomic mass is 9.88. The van der Waals surface area contributed by atoms with Gasteiger partial charge in [-0.2, -0.15) is 0 Å². The molecule has 0 bridgehead atoms. The van der Waals surface area contributed by atoms with Crippen molar-refractivity contribution in [1.82, 2.24) is 20.2 Å². The van der Waals surface area contributed by atoms with Gasteiger partial charge >= 0.3 is 5.97 Å². The average Bonchev–Trinajstić information content (AvgIpc) is 2.66. The summed E-state index contributed by atoms with van der Waals surface area (Å²) in [6.07, 6.45) is 5.55. The van der Waals surface area contributed by atoms with E-state index < -0.39 is 5.97 Å². The first kappa shape index (κ1) is 11.1. The summed E-state index contributed by atoms with van der Waals surface area (Å²) in [6, 6.07) is 0. The topological polar surface area (TPSA) is 79.2 Å². The van der Waals surface area contributed by atoms with Crippen LogP contribution < -0.4 is 10.6 Å². The molecule has 0 radical (unpaired) electrons. The van der Waals surface area contributed by atoms with E-state index in [0.29, 0.717) is 0 Å². The summed E-state index contributed by atoms with van der Waals surface area (Å²) in [7, 11) is 0. The molecule has 16 heavy (non-hydrogen) atoms. The number of nitrogens with zero attached hydrogens (tertiary/aromatic N) is 2. The van der Waals surface area contributed by atoms with E-state index in [2.05, 4.69) is 15.6 Å². The van der Waals surface area contributed by atoms with E-state index in [1.54, 1.807) is 12.5 Å². The average molecular weight is 224 g/mol. The summed E-state index contributed by atoms with van der Waals surface area (Å²) in [5.41, 5.74) is -0.258. The Balaban J connectivity index is 1.77. The summed E-state index contributed by atoms with van der Waals surface area (Å²) in [6.45, 7) is 3.01. The van der Waals surface area contributed by atoms with Gasteiger partial charge in [0.2, 0.25) is 0 Å². The molecular formula is C10H16N4O2. The molecule has 1 aliphatic rings. The Morgan fingerprint density at radius 1 is 1.62 bits per heavy atom. The van der Waals surface area contributed by atoms with Gasteiger partial charge in [-0.25, -0.2) is 4.98 Å². The Morgan fingerprint density at radius 3 is 2.94 bits per heavy atom. The number of hydrogen-bond acceptors (Lipinski definition) is 4. The SMILES string of the molecule is O=C(O)CC1(NCCn2ccnc2)CNC1. The molecular weight excluding hydrogens is 208 g/mol. The van der Waals surface area contributed by atoms with Crippen LogP contribution in [0.15, 0.2) is 18.7 Å². The molecule has 1 aromatic rings. The van der Waals surface area contributed by atoms with Crippen LogP contribution in [0.1, 0.15) is 6.42 Å². The van der Waals surface area contributed by atoms with Crippen molar-refractivity contribution in [2.45, 2.75) is 18.5 Å². The minimum Gasteiger partial charge on any atom is -0.481 e. The second-order valence-corrected chi connectivity index (χ2v) is 4.18. The monoisotopic (exact) mass is 224 g/mol. The second-order valence-electron chi connectivity index (χ2n) is 4.18. The Kier molecular flexibility index (Phi) is 3.21. The number of carboxylic acids is 1. The first-order chi connectivity index (χ1) is 7.70. The van der Waals surface area contributed by atoms with Gasteiger partial charge in [0.1, 0.15) is 0 Å². The molecule has 0 atom stereocenters. The molecule has 2 heterocycles. The highest BCUT2D eigenvalue weighted by molar-refractivity contribution is 5.68. The quantitative estimate of drug-likeness (QED) is 0.595. The van der Waals surface area contributed by atoms with Crippen molar-refractivity contribution in [3.63, 3.8) is 0 Å². The van der Waals surface area contributed by atoms with Crippen LogP contribution in [0.3, 0.4) is 0 Å². The zero-order chi connectivity index (χ0) is 11.4. The number of hydrogen-bond donors (Lipinski definition) is 3. The zero-order valence-electron chi connectivity index (χ0n) is 9.02. The van der Waals surface area contributed by atoms with E-state index >= 15 is 0 Å². The van der Waals surface area contributed by atoms with Crippen LogP contribution in [0.4, 0.5) is 0 Å². The lowest BCUT2D eigenvalue weighted by Gasteiger charge is -2.42. The standard InChI is InChI=1S/C10H16N4O2/c15-9(16)5-10(6-12-7-10)13-2-4-14-3-1-11-8-14/h1,3,8,12-13H,2,4-7H2,(H,15,16). The number of nitrogens with one attached hydrogen (secondary N) is 2. The molecule has 0 amide bonds. The molecule has 6 nitrogen and oxygen atoms in total. The molecule has 2 rings (SSSR count). The summed E-state index contributed by atoms with van der Waals surface area (Å²) in [5.74, 6) is -0.753. The minimum atomic E-state index is -0.753. The van der Waals surface area contributed by atoms with Crippen molar-refractivity contribution in [1.29, 1.82) is 0 Å². The van der Waals surface area contributed by atoms with Crippen molar-refractivity contribution < 1.29 is 9.90 Å². The van der Waals surface area contributed by atoms with Crippen LogP contribution >= 0.6 is 0 Å². The molecule has 0 spiro atoms. The molecule has 1 aromatic heterocycles. The maximum atomic E-state index is 10.7. The smallest absolute Gasteiger partial charge is 0.305 e. The first-order valence-electron chi connectivity index (χ1n) is 5.33. The van der Waals surface area contributed by atoms with Gasteiger partial charge in [-0.05, 0) is 0 Å². The Hall–Kier alpha value is -1.40. The molecule has 0 unspecified atom stereocenters. The molecule has 1 aliphatic heterocycles. The largest absolute Gasteiger partial charge is 0.481 e. The number of imidazole rings is 1. The molecule has 0 aliphatic carbocycles. The van der Waals surface area contributed by atoms with E-state index in [0.717, 1.165) is 26.2 Å². The van der Waals surface area contributed by atoms with Crippen LogP contribution in [0, 0.1) is 0 Å². The van der Waals surface area contributed by atoms with Crippen molar-refractivity contribution in [3.8, 4) is 0 Å². The van der Waals surface area contributed by atoms with Crippen molar-refractivity contribution in [3.05, 3.63) is 18.7 Å². The third kappa shape index (κ3) is 2.59. The van der Waals surface area contributed by atoms with Crippen molar-refractivity contribution in [2.75, 3.05) is 19.6 Å². The maximum Gasteiger partial charge on any atom is 0.305 e. The number of carbonyl (C=O) groups is 1. The lowest BCUT2D eigenvalue weighted by Crippen LogP contribution is -2.68. The highest BCUT2D eigenvalue weighted by Crippen LogP contribution is 2.15. The van der Waals surface area contributed by atoms with Crippen LogP contribution in [0.2, 0.25) is 0 Å². The molecule has 3 N–H and O–H groups in total. The molecule has 88 valence electrons. The number of rotatable bonds is 6. The van der Waals surface area contributed by atoms with E-state index in [-0.39, 0.29) is 12.0 Å². The third-order valence-electron chi connectivity index (χ3n) is 2.85. The van der Waals surface area contributed by atoms with Crippen LogP contribution in [0.5, 0.6) is 0 Å². The fourth-order valence-electron chi connectivity index (χ4n) is 1.90. The van der Waals surface area contributed by atoms with Gasteiger partial charge in [-0.15, -0.1) is 0 Å². The fourth-order valence-corrected chi connectivity index (χ4v) is 1.90. The predicted molar refractivity (Wildman–Crippen MR) is 58.1 cm³/mol. The Morgan fingerprint density at radius 2 is 2.44 bits per heavy atom. The Labute approximate surface area is 93.7 Å². The van der Waals surface area contributed by atoms with Gasteiger partial charge in [-0.1, -0.05) is 0 Å². The summed E-state index contributed by atoms with van der Waals surface area (Å²) in [4.78, 5) is 14.7. The highest BCUT2D eigenvalue weighted by Gasteiger charge is 2.38. The number of carboxylic acid groups (broad SMARTS) is 1. The van der Waals surface area contributed by atoms with E-state index in [1.807, 2.05) is 10.8 Å². The van der Waals surface area contributed by atoms with Gasteiger partial charge in [0.15, 0.2) is 0 Å². The zero-order valence-corrected chi connectivity index (χ0v) is 9.02. The molecule has 1 fully saturated rings. The Bertz CT molecular complexity index is 346. The summed E-state index contributed by atoms with van der Waals surface area (Å²) < 4.78 is 1.97. The van der Waals surface area contributed by atoms with E-state index in [9.17, 15) is 4.79 Å². The third-order valence-corrected chi connectivity index (χ3v) is 2.85. The van der Waals surface area contributed by atoms with Crippen LogP contribution in [0.25, 0.3) is 0 Å². The van der Waals surface area contributed by atoms with E-state index in [1.165, 1.54) is 0 Å². The van der Waals surface area contributed by atoms with Crippen LogP contribution in [-0.4, -0.2) is 45.8 Å². The maximum absolute atomic E-state index is 10.7. The fraction of sp³-hybridized carbons (Fsp3) is 0.600. The van der Waals surface area contributed by atoms with Crippen molar-refractivity contribution >= 4 is 5.97 Å². The molecule has 0 saturated carbocycles. The van der Waals surface area contributed by atoms with Crippen molar-refractivity contribution in [2.24, 2.45) is 0 Å². The minimum absolute atomic E-state index is 0.171. The number of aliphatic carboxylic acids is 1. The van der Waals surface area contributed by atoms with E-state index in [4.69, 9.17) is 5.11 Å². The molecule has 1 saturated heterocycles. The summed E-state index contributed by atoms with van der Waals surface area (Å²) >= 11 is 0. The van der Waals surface area contributed by atoms with Crippen LogP contribution in [-0.2, 0) is 11.3 Å². The highest BCUT2D eigenvalue weighted by atomic mass is 16.4.